The average Bonchev–Trinajstić information content (AvgIpc) is 0.715. The molecule has 7 heteroatoms. The first-order chi connectivity index (χ1) is 43.2. The average molecular weight is 1110 g/mol. The van der Waals surface area contributed by atoms with Gasteiger partial charge < -0.3 is 24.5 Å². The second-order valence-corrected chi connectivity index (χ2v) is 23.2. The zero-order valence-corrected chi connectivity index (χ0v) is 47.5. The number of fused-ring (bicyclic) bond motifs is 10. The number of nitrogens with zero attached hydrogens (tertiary/aromatic N) is 5. The van der Waals surface area contributed by atoms with Crippen molar-refractivity contribution in [1.29, 1.82) is 0 Å². The summed E-state index contributed by atoms with van der Waals surface area (Å²) in [6, 6.07) is 119. The minimum Gasteiger partial charge on any atom is -0.311 e. The van der Waals surface area contributed by atoms with Gasteiger partial charge in [-0.05, 0) is 187 Å². The van der Waals surface area contributed by atoms with E-state index in [-0.39, 0.29) is 13.4 Å². The van der Waals surface area contributed by atoms with Crippen LogP contribution in [0.2, 0.25) is 0 Å². The normalized spacial score (nSPS) is 13.1. The lowest BCUT2D eigenvalue weighted by molar-refractivity contribution is 1.22. The van der Waals surface area contributed by atoms with Gasteiger partial charge in [0.2, 0.25) is 0 Å². The van der Waals surface area contributed by atoms with E-state index in [9.17, 15) is 0 Å². The van der Waals surface area contributed by atoms with E-state index in [1.54, 1.807) is 0 Å². The van der Waals surface area contributed by atoms with Crippen LogP contribution in [0.4, 0.5) is 85.3 Å². The molecular weight excluding hydrogens is 1050 g/mol. The quantitative estimate of drug-likeness (QED) is 0.111. The highest BCUT2D eigenvalue weighted by atomic mass is 15.2. The lowest BCUT2D eigenvalue weighted by Gasteiger charge is -2.47. The molecule has 0 saturated carbocycles. The Morgan fingerprint density at radius 1 is 0.230 bits per heavy atom. The molecule has 5 nitrogen and oxygen atoms in total. The van der Waals surface area contributed by atoms with Crippen molar-refractivity contribution in [3.05, 3.63) is 322 Å². The monoisotopic (exact) mass is 1110 g/mol. The highest BCUT2D eigenvalue weighted by Crippen LogP contribution is 2.52. The molecular formula is C80H53B2N5. The molecule has 0 radical (unpaired) electrons. The number of rotatable bonds is 8. The number of benzene rings is 14. The fourth-order valence-corrected chi connectivity index (χ4v) is 15.0. The molecule has 0 amide bonds. The minimum atomic E-state index is -0.143. The molecule has 0 fully saturated rings. The van der Waals surface area contributed by atoms with Crippen LogP contribution in [0.1, 0.15) is 0 Å². The number of hydrogen-bond donors (Lipinski definition) is 0. The van der Waals surface area contributed by atoms with Crippen molar-refractivity contribution in [2.24, 2.45) is 0 Å². The van der Waals surface area contributed by atoms with Gasteiger partial charge in [0.25, 0.3) is 13.4 Å². The van der Waals surface area contributed by atoms with Crippen molar-refractivity contribution in [3.63, 3.8) is 0 Å². The topological polar surface area (TPSA) is 16.2 Å². The molecule has 0 unspecified atom stereocenters. The Labute approximate surface area is 507 Å². The van der Waals surface area contributed by atoms with Gasteiger partial charge in [0.15, 0.2) is 0 Å². The van der Waals surface area contributed by atoms with Crippen LogP contribution in [-0.2, 0) is 0 Å². The Kier molecular flexibility index (Phi) is 11.1. The zero-order valence-electron chi connectivity index (χ0n) is 47.5. The van der Waals surface area contributed by atoms with Gasteiger partial charge in [-0.3, -0.25) is 0 Å². The third kappa shape index (κ3) is 7.56. The molecule has 4 aliphatic rings. The number of anilines is 15. The van der Waals surface area contributed by atoms with E-state index in [2.05, 4.69) is 346 Å². The molecule has 0 atom stereocenters. The van der Waals surface area contributed by atoms with Gasteiger partial charge in [0.1, 0.15) is 0 Å². The summed E-state index contributed by atoms with van der Waals surface area (Å²) in [4.78, 5) is 12.6. The SMILES string of the molecule is c1ccc(N(c2ccccc2)c2cc3c4c(c2)N(c2ccccc2)c2cc5c(cc2B4c2ccccc2N3c2ccccc2)B2c3ccccc3N(c3ccccc3)c3cc(-c4c6ccccc6cc6ccccc46)cc(c32)N5c2ccccc2)cc1. The Bertz CT molecular complexity index is 4940. The highest BCUT2D eigenvalue weighted by Gasteiger charge is 2.49. The van der Waals surface area contributed by atoms with E-state index in [1.807, 2.05) is 0 Å². The largest absolute Gasteiger partial charge is 0.311 e. The minimum absolute atomic E-state index is 0.136. The Morgan fingerprint density at radius 2 is 0.563 bits per heavy atom. The van der Waals surface area contributed by atoms with Gasteiger partial charge in [0, 0.05) is 79.6 Å². The molecule has 0 bridgehead atoms. The maximum absolute atomic E-state index is 2.63. The van der Waals surface area contributed by atoms with Crippen LogP contribution in [-0.4, -0.2) is 13.4 Å². The van der Waals surface area contributed by atoms with Crippen molar-refractivity contribution >= 4 is 153 Å². The smallest absolute Gasteiger partial charge is 0.252 e. The van der Waals surface area contributed by atoms with Gasteiger partial charge in [-0.25, -0.2) is 0 Å². The first-order valence-electron chi connectivity index (χ1n) is 30.2. The molecule has 87 heavy (non-hydrogen) atoms. The summed E-state index contributed by atoms with van der Waals surface area (Å²) in [6.07, 6.45) is 0. The summed E-state index contributed by atoms with van der Waals surface area (Å²) in [5.74, 6) is 0. The summed E-state index contributed by atoms with van der Waals surface area (Å²) in [7, 11) is 0. The summed E-state index contributed by atoms with van der Waals surface area (Å²) >= 11 is 0. The van der Waals surface area contributed by atoms with Crippen LogP contribution in [0.5, 0.6) is 0 Å². The third-order valence-corrected chi connectivity index (χ3v) is 18.5. The van der Waals surface area contributed by atoms with E-state index < -0.39 is 0 Å². The van der Waals surface area contributed by atoms with Crippen molar-refractivity contribution in [2.45, 2.75) is 0 Å². The van der Waals surface area contributed by atoms with E-state index in [4.69, 9.17) is 0 Å². The fraction of sp³-hybridized carbons (Fsp3) is 0. The van der Waals surface area contributed by atoms with Crippen molar-refractivity contribution in [2.75, 3.05) is 24.5 Å². The molecule has 14 aromatic carbocycles. The molecule has 0 aromatic heterocycles. The first-order valence-corrected chi connectivity index (χ1v) is 30.2. The van der Waals surface area contributed by atoms with Gasteiger partial charge in [-0.15, -0.1) is 0 Å². The Morgan fingerprint density at radius 3 is 0.977 bits per heavy atom. The highest BCUT2D eigenvalue weighted by molar-refractivity contribution is 7.03. The van der Waals surface area contributed by atoms with Crippen LogP contribution in [0.25, 0.3) is 32.7 Å². The fourth-order valence-electron chi connectivity index (χ4n) is 15.0. The lowest BCUT2D eigenvalue weighted by atomic mass is 9.30. The summed E-state index contributed by atoms with van der Waals surface area (Å²) in [5, 5.41) is 4.90. The van der Waals surface area contributed by atoms with Gasteiger partial charge in [-0.2, -0.15) is 0 Å². The predicted octanol–water partition coefficient (Wildman–Crippen LogP) is 17.3. The molecule has 0 aliphatic carbocycles. The zero-order chi connectivity index (χ0) is 57.1. The Hall–Kier alpha value is -11.3. The number of para-hydroxylation sites is 8. The standard InChI is InChI=1S/C80H53B2N5/c1-7-29-57(30-8-1)83(58-31-9-2-10-32-58)63-50-76-80-77(51-63)87(62-39-17-6-18-40-62)73-53-72-68(52-69(73)82(80)67-44-24-26-46-71(67)85(76)60-35-13-4-14-36-60)81-66-43-23-25-45-70(66)84(59-33-11-3-12-34-59)74-48-56(49-75(79(74)81)86(72)61-37-15-5-16-38-61)78-64-41-21-19-27-54(64)47-55-28-20-22-42-65(55)78/h1-53H. The van der Waals surface area contributed by atoms with Gasteiger partial charge in [-0.1, -0.05) is 200 Å². The molecule has 0 spiro atoms. The van der Waals surface area contributed by atoms with Crippen LogP contribution in [0.3, 0.4) is 0 Å². The summed E-state index contributed by atoms with van der Waals surface area (Å²) in [5.41, 5.74) is 26.9. The van der Waals surface area contributed by atoms with E-state index >= 15 is 0 Å². The molecule has 4 heterocycles. The first kappa shape index (κ1) is 49.2. The van der Waals surface area contributed by atoms with Crippen molar-refractivity contribution in [1.82, 2.24) is 0 Å². The second-order valence-electron chi connectivity index (χ2n) is 23.2. The Balaban J connectivity index is 0.973. The molecule has 14 aromatic rings. The van der Waals surface area contributed by atoms with Gasteiger partial charge >= 0.3 is 0 Å². The van der Waals surface area contributed by atoms with Crippen molar-refractivity contribution in [3.8, 4) is 11.1 Å². The molecule has 404 valence electrons. The van der Waals surface area contributed by atoms with Crippen molar-refractivity contribution < 1.29 is 0 Å². The van der Waals surface area contributed by atoms with E-state index in [0.29, 0.717) is 0 Å². The molecule has 0 N–H and O–H groups in total. The van der Waals surface area contributed by atoms with Gasteiger partial charge in [0.05, 0.1) is 5.69 Å². The molecule has 18 rings (SSSR count). The van der Waals surface area contributed by atoms with E-state index in [1.165, 1.54) is 82.5 Å². The van der Waals surface area contributed by atoms with Crippen LogP contribution < -0.4 is 57.3 Å². The summed E-state index contributed by atoms with van der Waals surface area (Å²) < 4.78 is 0. The predicted molar refractivity (Wildman–Crippen MR) is 370 cm³/mol. The van der Waals surface area contributed by atoms with Crippen LogP contribution in [0, 0.1) is 0 Å². The van der Waals surface area contributed by atoms with Crippen LogP contribution in [0.15, 0.2) is 322 Å². The molecule has 4 aliphatic heterocycles. The summed E-state index contributed by atoms with van der Waals surface area (Å²) in [6.45, 7) is -0.279. The maximum atomic E-state index is 2.63. The van der Waals surface area contributed by atoms with Crippen LogP contribution >= 0.6 is 0 Å². The maximum Gasteiger partial charge on any atom is 0.252 e. The van der Waals surface area contributed by atoms with E-state index in [0.717, 1.165) is 68.2 Å². The third-order valence-electron chi connectivity index (χ3n) is 18.5. The number of hydrogen-bond acceptors (Lipinski definition) is 5. The second kappa shape index (κ2) is 19.7. The lowest BCUT2D eigenvalue weighted by Crippen LogP contribution is -2.65. The molecule has 0 saturated heterocycles.